The van der Waals surface area contributed by atoms with Gasteiger partial charge in [-0.15, -0.1) is 0 Å². The Bertz CT molecular complexity index is 326. The van der Waals surface area contributed by atoms with Crippen LogP contribution in [-0.4, -0.2) is 23.7 Å². The molecule has 0 spiro atoms. The number of hydrogen-bond acceptors (Lipinski definition) is 2. The molecule has 0 aliphatic rings. The predicted octanol–water partition coefficient (Wildman–Crippen LogP) is 1.77. The number of rotatable bonds is 2. The second-order valence-corrected chi connectivity index (χ2v) is 2.66. The Morgan fingerprint density at radius 3 is 2.47 bits per heavy atom. The van der Waals surface area contributed by atoms with Crippen molar-refractivity contribution in [3.63, 3.8) is 0 Å². The first-order valence-electron chi connectivity index (χ1n) is 3.99. The highest BCUT2D eigenvalue weighted by Crippen LogP contribution is 2.12. The lowest BCUT2D eigenvalue weighted by atomic mass is 10.4. The summed E-state index contributed by atoms with van der Waals surface area (Å²) in [6.45, 7) is -1.36. The number of nitrogens with one attached hydrogen (secondary N) is 2. The molecular weight excluding hydrogens is 211 g/mol. The van der Waals surface area contributed by atoms with Gasteiger partial charge in [0.25, 0.3) is 0 Å². The lowest BCUT2D eigenvalue weighted by Crippen LogP contribution is -2.36. The van der Waals surface area contributed by atoms with Crippen molar-refractivity contribution in [2.45, 2.75) is 6.18 Å². The molecule has 2 amide bonds. The lowest BCUT2D eigenvalue weighted by Gasteiger charge is -2.09. The van der Waals surface area contributed by atoms with Crippen LogP contribution >= 0.6 is 0 Å². The molecule has 0 aromatic carbocycles. The second kappa shape index (κ2) is 4.63. The number of urea groups is 1. The van der Waals surface area contributed by atoms with E-state index in [9.17, 15) is 18.0 Å². The Labute approximate surface area is 83.5 Å². The van der Waals surface area contributed by atoms with Crippen LogP contribution in [0.25, 0.3) is 0 Å². The Morgan fingerprint density at radius 2 is 1.93 bits per heavy atom. The lowest BCUT2D eigenvalue weighted by molar-refractivity contribution is -0.122. The molecule has 0 aliphatic carbocycles. The van der Waals surface area contributed by atoms with Gasteiger partial charge in [-0.05, 0) is 12.1 Å². The molecule has 0 saturated heterocycles. The van der Waals surface area contributed by atoms with Crippen LogP contribution in [0.3, 0.4) is 0 Å². The zero-order valence-electron chi connectivity index (χ0n) is 7.51. The molecule has 0 bridgehead atoms. The maximum atomic E-state index is 11.7. The molecule has 0 atom stereocenters. The maximum absolute atomic E-state index is 11.7. The third kappa shape index (κ3) is 4.84. The summed E-state index contributed by atoms with van der Waals surface area (Å²) in [6.07, 6.45) is -1.58. The standard InChI is InChI=1S/C8H8F3N3O/c9-8(10,11)5-13-7(15)14-6-1-3-12-4-2-6/h1-4H,5H2,(H2,12,13,14,15). The van der Waals surface area contributed by atoms with Crippen molar-refractivity contribution in [1.29, 1.82) is 0 Å². The predicted molar refractivity (Wildman–Crippen MR) is 47.3 cm³/mol. The van der Waals surface area contributed by atoms with E-state index in [0.717, 1.165) is 0 Å². The summed E-state index contributed by atoms with van der Waals surface area (Å²) in [6, 6.07) is 2.03. The van der Waals surface area contributed by atoms with E-state index in [2.05, 4.69) is 10.3 Å². The van der Waals surface area contributed by atoms with Crippen molar-refractivity contribution in [3.05, 3.63) is 24.5 Å². The number of anilines is 1. The first kappa shape index (κ1) is 11.3. The topological polar surface area (TPSA) is 54.0 Å². The molecule has 1 aromatic rings. The van der Waals surface area contributed by atoms with E-state index in [1.807, 2.05) is 0 Å². The number of alkyl halides is 3. The highest BCUT2D eigenvalue weighted by atomic mass is 19.4. The van der Waals surface area contributed by atoms with Crippen molar-refractivity contribution in [1.82, 2.24) is 10.3 Å². The number of pyridine rings is 1. The van der Waals surface area contributed by atoms with Crippen LogP contribution in [0, 0.1) is 0 Å². The minimum Gasteiger partial charge on any atom is -0.329 e. The van der Waals surface area contributed by atoms with Crippen LogP contribution in [0.1, 0.15) is 0 Å². The number of aromatic nitrogens is 1. The molecule has 4 nitrogen and oxygen atoms in total. The number of hydrogen-bond donors (Lipinski definition) is 2. The molecule has 0 aliphatic heterocycles. The van der Waals surface area contributed by atoms with Gasteiger partial charge in [0.05, 0.1) is 0 Å². The molecule has 82 valence electrons. The van der Waals surface area contributed by atoms with Gasteiger partial charge in [-0.25, -0.2) is 4.79 Å². The van der Waals surface area contributed by atoms with E-state index in [-0.39, 0.29) is 0 Å². The molecule has 15 heavy (non-hydrogen) atoms. The Kier molecular flexibility index (Phi) is 3.48. The summed E-state index contributed by atoms with van der Waals surface area (Å²) in [5.74, 6) is 0. The van der Waals surface area contributed by atoms with E-state index in [1.54, 1.807) is 5.32 Å². The van der Waals surface area contributed by atoms with Crippen LogP contribution < -0.4 is 10.6 Å². The molecular formula is C8H8F3N3O. The molecule has 1 heterocycles. The molecule has 0 saturated carbocycles. The van der Waals surface area contributed by atoms with Crippen LogP contribution in [0.5, 0.6) is 0 Å². The molecule has 7 heteroatoms. The normalized spacial score (nSPS) is 10.9. The van der Waals surface area contributed by atoms with Crippen molar-refractivity contribution in [3.8, 4) is 0 Å². The second-order valence-electron chi connectivity index (χ2n) is 2.66. The number of nitrogens with zero attached hydrogens (tertiary/aromatic N) is 1. The average molecular weight is 219 g/mol. The van der Waals surface area contributed by atoms with Gasteiger partial charge in [0.1, 0.15) is 6.54 Å². The van der Waals surface area contributed by atoms with Gasteiger partial charge < -0.3 is 10.6 Å². The molecule has 2 N–H and O–H groups in total. The zero-order chi connectivity index (χ0) is 11.3. The Hall–Kier alpha value is -1.79. The van der Waals surface area contributed by atoms with E-state index >= 15 is 0 Å². The van der Waals surface area contributed by atoms with E-state index in [1.165, 1.54) is 24.5 Å². The van der Waals surface area contributed by atoms with Gasteiger partial charge in [-0.1, -0.05) is 0 Å². The fourth-order valence-electron chi connectivity index (χ4n) is 0.791. The van der Waals surface area contributed by atoms with Crippen molar-refractivity contribution in [2.75, 3.05) is 11.9 Å². The van der Waals surface area contributed by atoms with E-state index in [0.29, 0.717) is 5.69 Å². The summed E-state index contributed by atoms with van der Waals surface area (Å²) in [4.78, 5) is 14.6. The van der Waals surface area contributed by atoms with Gasteiger partial charge in [0.15, 0.2) is 0 Å². The summed E-state index contributed by atoms with van der Waals surface area (Å²) in [5, 5.41) is 3.90. The van der Waals surface area contributed by atoms with E-state index in [4.69, 9.17) is 0 Å². The van der Waals surface area contributed by atoms with Gasteiger partial charge in [0.2, 0.25) is 0 Å². The molecule has 1 aromatic heterocycles. The number of carbonyl (C=O) groups is 1. The van der Waals surface area contributed by atoms with Gasteiger partial charge in [-0.3, -0.25) is 4.98 Å². The van der Waals surface area contributed by atoms with Gasteiger partial charge in [-0.2, -0.15) is 13.2 Å². The van der Waals surface area contributed by atoms with E-state index < -0.39 is 18.8 Å². The van der Waals surface area contributed by atoms with Crippen LogP contribution in [0.4, 0.5) is 23.7 Å². The molecule has 0 radical (unpaired) electrons. The SMILES string of the molecule is O=C(NCC(F)(F)F)Nc1ccncc1. The van der Waals surface area contributed by atoms with Crippen molar-refractivity contribution in [2.24, 2.45) is 0 Å². The summed E-state index contributed by atoms with van der Waals surface area (Å²) >= 11 is 0. The minimum absolute atomic E-state index is 0.379. The molecule has 0 unspecified atom stereocenters. The van der Waals surface area contributed by atoms with Crippen LogP contribution in [0.2, 0.25) is 0 Å². The largest absolute Gasteiger partial charge is 0.405 e. The number of carbonyl (C=O) groups excluding carboxylic acids is 1. The third-order valence-electron chi connectivity index (χ3n) is 1.39. The highest BCUT2D eigenvalue weighted by molar-refractivity contribution is 5.89. The monoisotopic (exact) mass is 219 g/mol. The fourth-order valence-corrected chi connectivity index (χ4v) is 0.791. The van der Waals surface area contributed by atoms with Gasteiger partial charge >= 0.3 is 12.2 Å². The first-order valence-corrected chi connectivity index (χ1v) is 3.99. The highest BCUT2D eigenvalue weighted by Gasteiger charge is 2.27. The first-order chi connectivity index (χ1) is 6.97. The van der Waals surface area contributed by atoms with Crippen LogP contribution in [-0.2, 0) is 0 Å². The van der Waals surface area contributed by atoms with Crippen LogP contribution in [0.15, 0.2) is 24.5 Å². The molecule has 0 fully saturated rings. The van der Waals surface area contributed by atoms with Crippen molar-refractivity contribution >= 4 is 11.7 Å². The summed E-state index contributed by atoms with van der Waals surface area (Å²) in [5.41, 5.74) is 0.379. The third-order valence-corrected chi connectivity index (χ3v) is 1.39. The Morgan fingerprint density at radius 1 is 1.33 bits per heavy atom. The smallest absolute Gasteiger partial charge is 0.329 e. The Balaban J connectivity index is 2.38. The molecule has 1 rings (SSSR count). The maximum Gasteiger partial charge on any atom is 0.405 e. The summed E-state index contributed by atoms with van der Waals surface area (Å²) in [7, 11) is 0. The minimum atomic E-state index is -4.41. The average Bonchev–Trinajstić information content (AvgIpc) is 2.15. The number of amides is 2. The number of halogens is 3. The van der Waals surface area contributed by atoms with Gasteiger partial charge in [0, 0.05) is 18.1 Å². The fraction of sp³-hybridized carbons (Fsp3) is 0.250. The quantitative estimate of drug-likeness (QED) is 0.796. The van der Waals surface area contributed by atoms with Crippen molar-refractivity contribution < 1.29 is 18.0 Å². The zero-order valence-corrected chi connectivity index (χ0v) is 7.51. The summed E-state index contributed by atoms with van der Waals surface area (Å²) < 4.78 is 35.1.